The molecule has 0 heterocycles. The summed E-state index contributed by atoms with van der Waals surface area (Å²) in [5, 5.41) is 2.34. The molecule has 1 rings (SSSR count). The number of rotatable bonds is 8. The van der Waals surface area contributed by atoms with E-state index in [9.17, 15) is 0 Å². The molecule has 0 spiro atoms. The number of nitrogens with two attached hydrogens (primary N) is 1. The molecule has 0 atom stereocenters. The molecule has 0 bridgehead atoms. The van der Waals surface area contributed by atoms with E-state index in [1.165, 1.54) is 11.3 Å². The van der Waals surface area contributed by atoms with Gasteiger partial charge < -0.3 is 15.0 Å². The highest BCUT2D eigenvalue weighted by atomic mass is 16.5. The fourth-order valence-corrected chi connectivity index (χ4v) is 1.67. The van der Waals surface area contributed by atoms with Crippen LogP contribution in [0.1, 0.15) is 18.9 Å². The van der Waals surface area contributed by atoms with E-state index in [0.717, 1.165) is 32.7 Å². The molecule has 0 aromatic heterocycles. The van der Waals surface area contributed by atoms with Crippen LogP contribution in [0.4, 0.5) is 5.69 Å². The van der Waals surface area contributed by atoms with Crippen molar-refractivity contribution in [3.05, 3.63) is 29.8 Å². The lowest BCUT2D eigenvalue weighted by Crippen LogP contribution is -2.82. The Morgan fingerprint density at radius 1 is 1.18 bits per heavy atom. The minimum atomic E-state index is 0.825. The molecule has 0 radical (unpaired) electrons. The molecule has 0 aliphatic carbocycles. The lowest BCUT2D eigenvalue weighted by Gasteiger charge is -2.12. The van der Waals surface area contributed by atoms with Crippen LogP contribution in [-0.4, -0.2) is 33.9 Å². The van der Waals surface area contributed by atoms with Crippen molar-refractivity contribution in [3.63, 3.8) is 0 Å². The van der Waals surface area contributed by atoms with Crippen LogP contribution in [0.15, 0.2) is 24.3 Å². The largest absolute Gasteiger partial charge is 0.382 e. The zero-order valence-electron chi connectivity index (χ0n) is 11.3. The Balaban J connectivity index is 2.19. The highest BCUT2D eigenvalue weighted by Crippen LogP contribution is 2.11. The third kappa shape index (κ3) is 5.71. The fraction of sp³-hybridized carbons (Fsp3) is 0.571. The number of ether oxygens (including phenoxy) is 1. The van der Waals surface area contributed by atoms with Crippen molar-refractivity contribution in [2.24, 2.45) is 0 Å². The highest BCUT2D eigenvalue weighted by molar-refractivity contribution is 5.45. The van der Waals surface area contributed by atoms with Gasteiger partial charge in [0, 0.05) is 38.4 Å². The number of nitrogens with zero attached hydrogens (tertiary/aromatic N) is 1. The van der Waals surface area contributed by atoms with Crippen LogP contribution in [-0.2, 0) is 11.3 Å². The molecule has 0 aliphatic heterocycles. The molecule has 2 N–H and O–H groups in total. The van der Waals surface area contributed by atoms with Gasteiger partial charge in [0.05, 0.1) is 13.2 Å². The maximum Gasteiger partial charge on any atom is 0.101 e. The van der Waals surface area contributed by atoms with E-state index in [-0.39, 0.29) is 0 Å². The van der Waals surface area contributed by atoms with E-state index in [0.29, 0.717) is 0 Å². The summed E-state index contributed by atoms with van der Waals surface area (Å²) in [6.07, 6.45) is 1.13. The van der Waals surface area contributed by atoms with Gasteiger partial charge in [-0.2, -0.15) is 0 Å². The van der Waals surface area contributed by atoms with Crippen LogP contribution >= 0.6 is 0 Å². The summed E-state index contributed by atoms with van der Waals surface area (Å²) >= 11 is 0. The minimum absolute atomic E-state index is 0.825. The van der Waals surface area contributed by atoms with E-state index in [1.807, 2.05) is 6.92 Å². The van der Waals surface area contributed by atoms with Crippen molar-refractivity contribution < 1.29 is 10.1 Å². The Morgan fingerprint density at radius 2 is 1.88 bits per heavy atom. The summed E-state index contributed by atoms with van der Waals surface area (Å²) in [6, 6.07) is 8.75. The van der Waals surface area contributed by atoms with E-state index in [4.69, 9.17) is 4.74 Å². The number of benzene rings is 1. The lowest BCUT2D eigenvalue weighted by molar-refractivity contribution is -0.671. The van der Waals surface area contributed by atoms with Gasteiger partial charge in [0.25, 0.3) is 0 Å². The molecule has 1 aromatic rings. The van der Waals surface area contributed by atoms with Gasteiger partial charge in [0.2, 0.25) is 0 Å². The summed E-state index contributed by atoms with van der Waals surface area (Å²) in [5.41, 5.74) is 2.64. The van der Waals surface area contributed by atoms with Crippen molar-refractivity contribution in [2.45, 2.75) is 19.9 Å². The van der Waals surface area contributed by atoms with Crippen LogP contribution in [0.25, 0.3) is 0 Å². The Labute approximate surface area is 105 Å². The Kier molecular flexibility index (Phi) is 6.67. The normalized spacial score (nSPS) is 10.5. The second-order valence-electron chi connectivity index (χ2n) is 4.39. The average molecular weight is 237 g/mol. The first kappa shape index (κ1) is 14.0. The Hall–Kier alpha value is -1.06. The first-order valence-corrected chi connectivity index (χ1v) is 6.39. The Bertz CT molecular complexity index is 296. The minimum Gasteiger partial charge on any atom is -0.382 e. The highest BCUT2D eigenvalue weighted by Gasteiger charge is 1.98. The van der Waals surface area contributed by atoms with Crippen molar-refractivity contribution in [1.82, 2.24) is 0 Å². The van der Waals surface area contributed by atoms with Crippen LogP contribution in [0, 0.1) is 0 Å². The van der Waals surface area contributed by atoms with Crippen molar-refractivity contribution in [3.8, 4) is 0 Å². The monoisotopic (exact) mass is 237 g/mol. The fourth-order valence-electron chi connectivity index (χ4n) is 1.67. The first-order chi connectivity index (χ1) is 8.24. The molecule has 96 valence electrons. The summed E-state index contributed by atoms with van der Waals surface area (Å²) in [4.78, 5) is 2.12. The molecule has 0 saturated carbocycles. The molecule has 0 saturated heterocycles. The van der Waals surface area contributed by atoms with Gasteiger partial charge >= 0.3 is 0 Å². The van der Waals surface area contributed by atoms with Crippen LogP contribution in [0.3, 0.4) is 0 Å². The van der Waals surface area contributed by atoms with E-state index < -0.39 is 0 Å². The SMILES string of the molecule is CCOCCC[NH2+]Cc1ccc(N(C)C)cc1. The van der Waals surface area contributed by atoms with Gasteiger partial charge in [-0.25, -0.2) is 0 Å². The lowest BCUT2D eigenvalue weighted by atomic mass is 10.2. The molecule has 17 heavy (non-hydrogen) atoms. The number of hydrogen-bond donors (Lipinski definition) is 1. The summed E-state index contributed by atoms with van der Waals surface area (Å²) < 4.78 is 5.30. The maximum absolute atomic E-state index is 5.30. The van der Waals surface area contributed by atoms with E-state index >= 15 is 0 Å². The van der Waals surface area contributed by atoms with Crippen molar-refractivity contribution in [1.29, 1.82) is 0 Å². The van der Waals surface area contributed by atoms with Gasteiger partial charge in [-0.1, -0.05) is 12.1 Å². The topological polar surface area (TPSA) is 29.1 Å². The number of quaternary nitrogens is 1. The molecular formula is C14H25N2O+. The van der Waals surface area contributed by atoms with E-state index in [2.05, 4.69) is 48.6 Å². The van der Waals surface area contributed by atoms with Crippen LogP contribution in [0.5, 0.6) is 0 Å². The predicted molar refractivity (Wildman–Crippen MR) is 72.4 cm³/mol. The second-order valence-corrected chi connectivity index (χ2v) is 4.39. The van der Waals surface area contributed by atoms with Gasteiger partial charge in [-0.05, 0) is 19.1 Å². The van der Waals surface area contributed by atoms with Gasteiger partial charge in [0.1, 0.15) is 6.54 Å². The van der Waals surface area contributed by atoms with Crippen LogP contribution < -0.4 is 10.2 Å². The smallest absolute Gasteiger partial charge is 0.101 e. The molecule has 0 amide bonds. The summed E-state index contributed by atoms with van der Waals surface area (Å²) in [5.74, 6) is 0. The van der Waals surface area contributed by atoms with Crippen molar-refractivity contribution >= 4 is 5.69 Å². The molecule has 0 fully saturated rings. The average Bonchev–Trinajstić information content (AvgIpc) is 2.34. The number of anilines is 1. The molecular weight excluding hydrogens is 212 g/mol. The standard InChI is InChI=1S/C14H24N2O/c1-4-17-11-5-10-15-12-13-6-8-14(9-7-13)16(2)3/h6-9,15H,4-5,10-12H2,1-3H3/p+1. The zero-order chi connectivity index (χ0) is 12.5. The first-order valence-electron chi connectivity index (χ1n) is 6.39. The molecule has 3 nitrogen and oxygen atoms in total. The van der Waals surface area contributed by atoms with Crippen molar-refractivity contribution in [2.75, 3.05) is 38.8 Å². The third-order valence-electron chi connectivity index (χ3n) is 2.73. The summed E-state index contributed by atoms with van der Waals surface area (Å²) in [6.45, 7) is 5.93. The molecule has 3 heteroatoms. The van der Waals surface area contributed by atoms with Gasteiger partial charge in [-0.3, -0.25) is 0 Å². The second kappa shape index (κ2) is 8.09. The third-order valence-corrected chi connectivity index (χ3v) is 2.73. The quantitative estimate of drug-likeness (QED) is 0.689. The molecule has 0 unspecified atom stereocenters. The van der Waals surface area contributed by atoms with Gasteiger partial charge in [-0.15, -0.1) is 0 Å². The predicted octanol–water partition coefficient (Wildman–Crippen LogP) is 1.24. The van der Waals surface area contributed by atoms with E-state index in [1.54, 1.807) is 0 Å². The summed E-state index contributed by atoms with van der Waals surface area (Å²) in [7, 11) is 4.13. The Morgan fingerprint density at radius 3 is 2.47 bits per heavy atom. The van der Waals surface area contributed by atoms with Gasteiger partial charge in [0.15, 0.2) is 0 Å². The zero-order valence-corrected chi connectivity index (χ0v) is 11.3. The maximum atomic E-state index is 5.30. The van der Waals surface area contributed by atoms with Crippen LogP contribution in [0.2, 0.25) is 0 Å². The number of hydrogen-bond acceptors (Lipinski definition) is 2. The molecule has 0 aliphatic rings. The molecule has 1 aromatic carbocycles.